The molecular formula is C27H35N3O3. The van der Waals surface area contributed by atoms with Crippen LogP contribution in [0.3, 0.4) is 0 Å². The minimum Gasteiger partial charge on any atom is -0.366 e. The summed E-state index contributed by atoms with van der Waals surface area (Å²) in [7, 11) is 0. The third-order valence-electron chi connectivity index (χ3n) is 8.54. The number of H-pyrrole nitrogens is 1. The molecule has 3 heterocycles. The predicted octanol–water partition coefficient (Wildman–Crippen LogP) is 4.04. The number of rotatable bonds is 6. The molecule has 2 aliphatic heterocycles. The Kier molecular flexibility index (Phi) is 5.44. The van der Waals surface area contributed by atoms with E-state index in [0.29, 0.717) is 12.3 Å². The quantitative estimate of drug-likeness (QED) is 0.677. The van der Waals surface area contributed by atoms with E-state index in [4.69, 9.17) is 4.74 Å². The van der Waals surface area contributed by atoms with E-state index in [2.05, 4.69) is 16.0 Å². The molecule has 1 aromatic carbocycles. The van der Waals surface area contributed by atoms with Gasteiger partial charge in [-0.05, 0) is 56.1 Å². The molecule has 1 atom stereocenters. The molecule has 6 rings (SSSR count). The van der Waals surface area contributed by atoms with Gasteiger partial charge in [-0.2, -0.15) is 0 Å². The molecule has 1 N–H and O–H groups in total. The molecule has 2 saturated heterocycles. The number of β-lactam (4-membered cyclic amide) rings is 1. The number of fused-ring (bicyclic) bond motifs is 1. The summed E-state index contributed by atoms with van der Waals surface area (Å²) in [6.45, 7) is 2.23. The average Bonchev–Trinajstić information content (AvgIpc) is 3.59. The van der Waals surface area contributed by atoms with Crippen LogP contribution in [0.1, 0.15) is 63.4 Å². The third-order valence-corrected chi connectivity index (χ3v) is 8.54. The van der Waals surface area contributed by atoms with Crippen LogP contribution < -0.4 is 0 Å². The zero-order valence-electron chi connectivity index (χ0n) is 19.4. The largest absolute Gasteiger partial charge is 0.366 e. The van der Waals surface area contributed by atoms with Crippen molar-refractivity contribution in [3.63, 3.8) is 0 Å². The second-order valence-corrected chi connectivity index (χ2v) is 10.7. The second kappa shape index (κ2) is 8.46. The van der Waals surface area contributed by atoms with E-state index in [9.17, 15) is 9.59 Å². The van der Waals surface area contributed by atoms with Crippen LogP contribution in [0.25, 0.3) is 10.9 Å². The molecule has 2 aliphatic carbocycles. The first-order valence-corrected chi connectivity index (χ1v) is 12.9. The second-order valence-electron chi connectivity index (χ2n) is 10.7. The van der Waals surface area contributed by atoms with Gasteiger partial charge in [0.15, 0.2) is 6.10 Å². The number of carbonyl (C=O) groups is 2. The number of amides is 2. The zero-order chi connectivity index (χ0) is 22.4. The first kappa shape index (κ1) is 21.2. The van der Waals surface area contributed by atoms with Crippen molar-refractivity contribution < 1.29 is 14.3 Å². The number of para-hydroxylation sites is 1. The number of likely N-dealkylation sites (tertiary alicyclic amines) is 2. The lowest BCUT2D eigenvalue weighted by atomic mass is 9.68. The molecule has 176 valence electrons. The topological polar surface area (TPSA) is 65.6 Å². The molecule has 4 aliphatic rings. The van der Waals surface area contributed by atoms with Crippen LogP contribution in [0.15, 0.2) is 30.5 Å². The number of ether oxygens (including phenoxy) is 1. The van der Waals surface area contributed by atoms with Crippen molar-refractivity contribution in [3.8, 4) is 0 Å². The van der Waals surface area contributed by atoms with E-state index in [1.54, 1.807) is 0 Å². The summed E-state index contributed by atoms with van der Waals surface area (Å²) in [6, 6.07) is 8.38. The van der Waals surface area contributed by atoms with Crippen molar-refractivity contribution >= 4 is 22.7 Å². The van der Waals surface area contributed by atoms with Crippen molar-refractivity contribution in [3.05, 3.63) is 36.0 Å². The van der Waals surface area contributed by atoms with E-state index >= 15 is 0 Å². The number of aromatic nitrogens is 1. The van der Waals surface area contributed by atoms with Crippen LogP contribution in [0, 0.1) is 5.92 Å². The molecule has 1 spiro atoms. The number of benzene rings is 1. The molecule has 1 aromatic heterocycles. The van der Waals surface area contributed by atoms with Gasteiger partial charge in [0.2, 0.25) is 5.91 Å². The fraction of sp³-hybridized carbons (Fsp3) is 0.630. The molecule has 2 saturated carbocycles. The maximum Gasteiger partial charge on any atom is 0.254 e. The van der Waals surface area contributed by atoms with Gasteiger partial charge in [0, 0.05) is 36.2 Å². The Morgan fingerprint density at radius 1 is 1.06 bits per heavy atom. The number of hydrogen-bond donors (Lipinski definition) is 1. The standard InChI is InChI=1S/C27H35N3O3/c31-24(16-20-17-28-23-7-3-2-6-22(20)23)29-14-10-21(11-15-29)30-26(32)25(33-18-19-8-9-19)27(30)12-4-1-5-13-27/h2-3,6-7,17,19,21,25,28H,1,4-5,8-16,18H2. The van der Waals surface area contributed by atoms with Gasteiger partial charge in [-0.1, -0.05) is 37.5 Å². The lowest BCUT2D eigenvalue weighted by Gasteiger charge is -2.62. The molecule has 33 heavy (non-hydrogen) atoms. The van der Waals surface area contributed by atoms with Crippen molar-refractivity contribution in [1.29, 1.82) is 0 Å². The molecule has 0 radical (unpaired) electrons. The molecule has 2 amide bonds. The van der Waals surface area contributed by atoms with Crippen LogP contribution in [0.5, 0.6) is 0 Å². The van der Waals surface area contributed by atoms with Gasteiger partial charge < -0.3 is 19.5 Å². The Hall–Kier alpha value is -2.34. The van der Waals surface area contributed by atoms with Crippen LogP contribution >= 0.6 is 0 Å². The van der Waals surface area contributed by atoms with Gasteiger partial charge in [0.1, 0.15) is 0 Å². The first-order valence-electron chi connectivity index (χ1n) is 12.9. The highest BCUT2D eigenvalue weighted by molar-refractivity contribution is 5.91. The predicted molar refractivity (Wildman–Crippen MR) is 127 cm³/mol. The molecule has 1 unspecified atom stereocenters. The van der Waals surface area contributed by atoms with Crippen LogP contribution in [0.4, 0.5) is 0 Å². The highest BCUT2D eigenvalue weighted by atomic mass is 16.5. The van der Waals surface area contributed by atoms with Gasteiger partial charge in [-0.25, -0.2) is 0 Å². The smallest absolute Gasteiger partial charge is 0.254 e. The lowest BCUT2D eigenvalue weighted by molar-refractivity contribution is -0.211. The number of nitrogens with one attached hydrogen (secondary N) is 1. The zero-order valence-corrected chi connectivity index (χ0v) is 19.4. The number of nitrogens with zero attached hydrogens (tertiary/aromatic N) is 2. The number of hydrogen-bond acceptors (Lipinski definition) is 3. The summed E-state index contributed by atoms with van der Waals surface area (Å²) in [5.74, 6) is 1.08. The van der Waals surface area contributed by atoms with Gasteiger partial charge in [0.25, 0.3) is 5.91 Å². The summed E-state index contributed by atoms with van der Waals surface area (Å²) in [5, 5.41) is 1.13. The fourth-order valence-corrected chi connectivity index (χ4v) is 6.52. The molecule has 0 bridgehead atoms. The van der Waals surface area contributed by atoms with Gasteiger partial charge >= 0.3 is 0 Å². The summed E-state index contributed by atoms with van der Waals surface area (Å²) in [4.78, 5) is 33.8. The highest BCUT2D eigenvalue weighted by Crippen LogP contribution is 2.48. The molecular weight excluding hydrogens is 414 g/mol. The van der Waals surface area contributed by atoms with E-state index in [1.165, 1.54) is 32.1 Å². The molecule has 6 nitrogen and oxygen atoms in total. The monoisotopic (exact) mass is 449 g/mol. The molecule has 2 aromatic rings. The van der Waals surface area contributed by atoms with Crippen molar-refractivity contribution in [2.45, 2.75) is 81.9 Å². The normalized spacial score (nSPS) is 25.6. The Morgan fingerprint density at radius 3 is 2.58 bits per heavy atom. The van der Waals surface area contributed by atoms with Gasteiger partial charge in [-0.15, -0.1) is 0 Å². The first-order chi connectivity index (χ1) is 16.2. The third kappa shape index (κ3) is 3.76. The van der Waals surface area contributed by atoms with Crippen LogP contribution in [-0.2, 0) is 20.7 Å². The van der Waals surface area contributed by atoms with E-state index in [1.807, 2.05) is 29.3 Å². The van der Waals surface area contributed by atoms with Gasteiger partial charge in [-0.3, -0.25) is 9.59 Å². The average molecular weight is 450 g/mol. The summed E-state index contributed by atoms with van der Waals surface area (Å²) in [6.07, 6.45) is 12.2. The van der Waals surface area contributed by atoms with E-state index < -0.39 is 0 Å². The highest BCUT2D eigenvalue weighted by Gasteiger charge is 2.62. The molecule has 6 heteroatoms. The number of piperidine rings is 1. The molecule has 4 fully saturated rings. The number of carbonyl (C=O) groups excluding carboxylic acids is 2. The Balaban J connectivity index is 1.09. The maximum absolute atomic E-state index is 13.2. The SMILES string of the molecule is O=C(Cc1c[nH]c2ccccc12)N1CCC(N2C(=O)C(OCC3CC3)C23CCCCC3)CC1. The van der Waals surface area contributed by atoms with Crippen molar-refractivity contribution in [1.82, 2.24) is 14.8 Å². The van der Waals surface area contributed by atoms with E-state index in [0.717, 1.165) is 61.8 Å². The fourth-order valence-electron chi connectivity index (χ4n) is 6.52. The summed E-state index contributed by atoms with van der Waals surface area (Å²) < 4.78 is 6.22. The Labute approximate surface area is 195 Å². The van der Waals surface area contributed by atoms with Crippen molar-refractivity contribution in [2.24, 2.45) is 5.92 Å². The van der Waals surface area contributed by atoms with Crippen LogP contribution in [0.2, 0.25) is 0 Å². The summed E-state index contributed by atoms with van der Waals surface area (Å²) in [5.41, 5.74) is 2.06. The lowest BCUT2D eigenvalue weighted by Crippen LogP contribution is -2.78. The Bertz CT molecular complexity index is 1030. The van der Waals surface area contributed by atoms with Gasteiger partial charge in [0.05, 0.1) is 18.6 Å². The minimum atomic E-state index is -0.222. The van der Waals surface area contributed by atoms with Crippen molar-refractivity contribution in [2.75, 3.05) is 19.7 Å². The minimum absolute atomic E-state index is 0.0783. The Morgan fingerprint density at radius 2 is 1.82 bits per heavy atom. The summed E-state index contributed by atoms with van der Waals surface area (Å²) >= 11 is 0. The number of aromatic amines is 1. The van der Waals surface area contributed by atoms with E-state index in [-0.39, 0.29) is 29.5 Å². The van der Waals surface area contributed by atoms with Crippen LogP contribution in [-0.4, -0.2) is 64.0 Å². The maximum atomic E-state index is 13.2.